The zero-order chi connectivity index (χ0) is 12.3. The Labute approximate surface area is 103 Å². The van der Waals surface area contributed by atoms with E-state index in [9.17, 15) is 9.18 Å². The van der Waals surface area contributed by atoms with E-state index in [1.165, 1.54) is 29.6 Å². The maximum Gasteiger partial charge on any atom is 0.195 e. The number of hydrogen-bond donors (Lipinski definition) is 0. The SMILES string of the molecule is Cc1ccc(C(=O)/C=C/c2ccccc2F)s1. The molecule has 0 saturated heterocycles. The third kappa shape index (κ3) is 2.88. The summed E-state index contributed by atoms with van der Waals surface area (Å²) in [6.07, 6.45) is 2.91. The number of allylic oxidation sites excluding steroid dienone is 1. The number of ketones is 1. The summed E-state index contributed by atoms with van der Waals surface area (Å²) < 4.78 is 13.3. The molecule has 3 heteroatoms. The Morgan fingerprint density at radius 3 is 2.65 bits per heavy atom. The van der Waals surface area contributed by atoms with Gasteiger partial charge in [-0.2, -0.15) is 0 Å². The van der Waals surface area contributed by atoms with Crippen LogP contribution in [0.2, 0.25) is 0 Å². The molecule has 0 unspecified atom stereocenters. The zero-order valence-corrected chi connectivity index (χ0v) is 10.1. The molecule has 1 nitrogen and oxygen atoms in total. The van der Waals surface area contributed by atoms with Gasteiger partial charge in [-0.25, -0.2) is 4.39 Å². The number of rotatable bonds is 3. The quantitative estimate of drug-likeness (QED) is 0.589. The number of carbonyl (C=O) groups is 1. The Morgan fingerprint density at radius 2 is 2.00 bits per heavy atom. The average molecular weight is 246 g/mol. The van der Waals surface area contributed by atoms with Crippen molar-refractivity contribution in [2.45, 2.75) is 6.92 Å². The summed E-state index contributed by atoms with van der Waals surface area (Å²) in [4.78, 5) is 13.5. The second-order valence-electron chi connectivity index (χ2n) is 3.63. The first-order chi connectivity index (χ1) is 8.16. The zero-order valence-electron chi connectivity index (χ0n) is 9.31. The van der Waals surface area contributed by atoms with E-state index < -0.39 is 0 Å². The van der Waals surface area contributed by atoms with Gasteiger partial charge in [0.25, 0.3) is 0 Å². The van der Waals surface area contributed by atoms with Gasteiger partial charge >= 0.3 is 0 Å². The lowest BCUT2D eigenvalue weighted by atomic mass is 10.2. The number of aryl methyl sites for hydroxylation is 1. The van der Waals surface area contributed by atoms with E-state index in [0.717, 1.165) is 4.88 Å². The first-order valence-electron chi connectivity index (χ1n) is 5.20. The van der Waals surface area contributed by atoms with Crippen molar-refractivity contribution in [1.82, 2.24) is 0 Å². The molecule has 0 radical (unpaired) electrons. The predicted octanol–water partition coefficient (Wildman–Crippen LogP) is 4.09. The second-order valence-corrected chi connectivity index (χ2v) is 4.92. The van der Waals surface area contributed by atoms with E-state index in [1.807, 2.05) is 13.0 Å². The summed E-state index contributed by atoms with van der Waals surface area (Å²) in [6.45, 7) is 1.95. The highest BCUT2D eigenvalue weighted by atomic mass is 32.1. The van der Waals surface area contributed by atoms with Crippen molar-refractivity contribution in [3.63, 3.8) is 0 Å². The van der Waals surface area contributed by atoms with E-state index in [4.69, 9.17) is 0 Å². The molecule has 86 valence electrons. The van der Waals surface area contributed by atoms with Crippen molar-refractivity contribution in [3.8, 4) is 0 Å². The molecule has 0 amide bonds. The normalized spacial score (nSPS) is 10.9. The van der Waals surface area contributed by atoms with Crippen molar-refractivity contribution in [2.75, 3.05) is 0 Å². The molecule has 0 aliphatic heterocycles. The van der Waals surface area contributed by atoms with E-state index in [2.05, 4.69) is 0 Å². The Morgan fingerprint density at radius 1 is 1.24 bits per heavy atom. The summed E-state index contributed by atoms with van der Waals surface area (Å²) in [5.41, 5.74) is 0.425. The van der Waals surface area contributed by atoms with Crippen LogP contribution in [0.25, 0.3) is 6.08 Å². The Balaban J connectivity index is 2.17. The molecule has 0 atom stereocenters. The minimum absolute atomic E-state index is 0.0913. The van der Waals surface area contributed by atoms with Gasteiger partial charge in [0.05, 0.1) is 4.88 Å². The van der Waals surface area contributed by atoms with Gasteiger partial charge < -0.3 is 0 Å². The Bertz CT molecular complexity index is 569. The van der Waals surface area contributed by atoms with E-state index in [-0.39, 0.29) is 11.6 Å². The minimum Gasteiger partial charge on any atom is -0.288 e. The third-order valence-corrected chi connectivity index (χ3v) is 3.32. The van der Waals surface area contributed by atoms with Crippen LogP contribution in [0.15, 0.2) is 42.5 Å². The summed E-state index contributed by atoms with van der Waals surface area (Å²) in [7, 11) is 0. The molecule has 0 bridgehead atoms. The predicted molar refractivity (Wildman–Crippen MR) is 68.8 cm³/mol. The third-order valence-electron chi connectivity index (χ3n) is 2.30. The van der Waals surface area contributed by atoms with Crippen molar-refractivity contribution < 1.29 is 9.18 Å². The molecule has 0 aliphatic carbocycles. The molecule has 0 saturated carbocycles. The molecule has 0 N–H and O–H groups in total. The smallest absolute Gasteiger partial charge is 0.195 e. The van der Waals surface area contributed by atoms with Crippen molar-refractivity contribution in [3.05, 3.63) is 63.6 Å². The van der Waals surface area contributed by atoms with Crippen LogP contribution in [0.4, 0.5) is 4.39 Å². The molecule has 1 aromatic carbocycles. The maximum absolute atomic E-state index is 13.3. The van der Waals surface area contributed by atoms with Gasteiger partial charge in [-0.05, 0) is 37.3 Å². The fraction of sp³-hybridized carbons (Fsp3) is 0.0714. The monoisotopic (exact) mass is 246 g/mol. The minimum atomic E-state index is -0.320. The maximum atomic E-state index is 13.3. The molecule has 1 heterocycles. The van der Waals surface area contributed by atoms with Gasteiger partial charge in [0.2, 0.25) is 0 Å². The van der Waals surface area contributed by atoms with Crippen LogP contribution in [0, 0.1) is 12.7 Å². The highest BCUT2D eigenvalue weighted by Gasteiger charge is 2.04. The van der Waals surface area contributed by atoms with Gasteiger partial charge in [-0.3, -0.25) is 4.79 Å². The standard InChI is InChI=1S/C14H11FOS/c1-10-6-9-14(17-10)13(16)8-7-11-4-2-3-5-12(11)15/h2-9H,1H3/b8-7+. The fourth-order valence-corrected chi connectivity index (χ4v) is 2.21. The summed E-state index contributed by atoms with van der Waals surface area (Å²) in [5, 5.41) is 0. The lowest BCUT2D eigenvalue weighted by Crippen LogP contribution is -1.89. The molecule has 2 rings (SSSR count). The molecular weight excluding hydrogens is 235 g/mol. The number of carbonyl (C=O) groups excluding carboxylic acids is 1. The largest absolute Gasteiger partial charge is 0.288 e. The molecule has 17 heavy (non-hydrogen) atoms. The van der Waals surface area contributed by atoms with Gasteiger partial charge in [-0.1, -0.05) is 18.2 Å². The van der Waals surface area contributed by atoms with Crippen LogP contribution in [-0.2, 0) is 0 Å². The number of benzene rings is 1. The second kappa shape index (κ2) is 5.06. The molecule has 1 aromatic heterocycles. The summed E-state index contributed by atoms with van der Waals surface area (Å²) in [5.74, 6) is -0.412. The molecule has 2 aromatic rings. The first kappa shape index (κ1) is 11.7. The van der Waals surface area contributed by atoms with Gasteiger partial charge in [0, 0.05) is 10.4 Å². The lowest BCUT2D eigenvalue weighted by molar-refractivity contribution is 0.105. The van der Waals surface area contributed by atoms with Gasteiger partial charge in [-0.15, -0.1) is 11.3 Å². The van der Waals surface area contributed by atoms with E-state index in [0.29, 0.717) is 10.4 Å². The average Bonchev–Trinajstić information content (AvgIpc) is 2.74. The summed E-state index contributed by atoms with van der Waals surface area (Å²) >= 11 is 1.44. The summed E-state index contributed by atoms with van der Waals surface area (Å²) in [6, 6.07) is 10.1. The number of hydrogen-bond acceptors (Lipinski definition) is 2. The number of halogens is 1. The van der Waals surface area contributed by atoms with Crippen LogP contribution in [0.5, 0.6) is 0 Å². The Hall–Kier alpha value is -1.74. The lowest BCUT2D eigenvalue weighted by Gasteiger charge is -1.94. The van der Waals surface area contributed by atoms with Crippen molar-refractivity contribution >= 4 is 23.2 Å². The number of thiophene rings is 1. The van der Waals surface area contributed by atoms with Crippen LogP contribution in [-0.4, -0.2) is 5.78 Å². The van der Waals surface area contributed by atoms with E-state index in [1.54, 1.807) is 24.3 Å². The first-order valence-corrected chi connectivity index (χ1v) is 6.02. The highest BCUT2D eigenvalue weighted by Crippen LogP contribution is 2.17. The van der Waals surface area contributed by atoms with Crippen LogP contribution in [0.3, 0.4) is 0 Å². The fourth-order valence-electron chi connectivity index (χ4n) is 1.42. The molecular formula is C14H11FOS. The van der Waals surface area contributed by atoms with Gasteiger partial charge in [0.1, 0.15) is 5.82 Å². The van der Waals surface area contributed by atoms with Crippen LogP contribution in [0.1, 0.15) is 20.1 Å². The van der Waals surface area contributed by atoms with Crippen molar-refractivity contribution in [2.24, 2.45) is 0 Å². The molecule has 0 fully saturated rings. The van der Waals surface area contributed by atoms with Crippen LogP contribution < -0.4 is 0 Å². The van der Waals surface area contributed by atoms with Crippen molar-refractivity contribution in [1.29, 1.82) is 0 Å². The molecule has 0 spiro atoms. The van der Waals surface area contributed by atoms with E-state index >= 15 is 0 Å². The topological polar surface area (TPSA) is 17.1 Å². The Kier molecular flexibility index (Phi) is 3.49. The highest BCUT2D eigenvalue weighted by molar-refractivity contribution is 7.14. The van der Waals surface area contributed by atoms with Gasteiger partial charge in [0.15, 0.2) is 5.78 Å². The van der Waals surface area contributed by atoms with Crippen LogP contribution >= 0.6 is 11.3 Å². The molecule has 0 aliphatic rings.